The van der Waals surface area contributed by atoms with Gasteiger partial charge in [0.15, 0.2) is 0 Å². The van der Waals surface area contributed by atoms with Gasteiger partial charge in [-0.25, -0.2) is 4.79 Å². The predicted octanol–water partition coefficient (Wildman–Crippen LogP) is 3.12. The first kappa shape index (κ1) is 13.7. The molecule has 1 aromatic rings. The second kappa shape index (κ2) is 6.43. The molecule has 5 heteroatoms. The van der Waals surface area contributed by atoms with Gasteiger partial charge in [-0.05, 0) is 30.7 Å². The van der Waals surface area contributed by atoms with E-state index in [9.17, 15) is 4.79 Å². The molecule has 19 heavy (non-hydrogen) atoms. The van der Waals surface area contributed by atoms with E-state index in [4.69, 9.17) is 4.74 Å². The van der Waals surface area contributed by atoms with Crippen molar-refractivity contribution in [2.45, 2.75) is 6.92 Å². The molecule has 1 aromatic carbocycles. The predicted molar refractivity (Wildman–Crippen MR) is 79.4 cm³/mol. The molecule has 0 bridgehead atoms. The maximum absolute atomic E-state index is 11.2. The summed E-state index contributed by atoms with van der Waals surface area (Å²) in [7, 11) is 0. The van der Waals surface area contributed by atoms with Gasteiger partial charge in [0.1, 0.15) is 6.67 Å². The van der Waals surface area contributed by atoms with E-state index in [2.05, 4.69) is 21.0 Å². The second-order valence-electron chi connectivity index (χ2n) is 3.99. The Bertz CT molecular complexity index is 497. The number of benzene rings is 1. The summed E-state index contributed by atoms with van der Waals surface area (Å²) < 4.78 is 6.74. The second-order valence-corrected chi connectivity index (χ2v) is 4.90. The Balaban J connectivity index is 1.99. The number of nitrogens with zero attached hydrogens (tertiary/aromatic N) is 2. The molecule has 1 aliphatic heterocycles. The highest BCUT2D eigenvalue weighted by Crippen LogP contribution is 2.21. The summed E-state index contributed by atoms with van der Waals surface area (Å²) in [6, 6.07) is 7.97. The molecule has 0 saturated heterocycles. The van der Waals surface area contributed by atoms with Crippen LogP contribution >= 0.6 is 16.1 Å². The van der Waals surface area contributed by atoms with E-state index in [1.54, 1.807) is 13.0 Å². The average Bonchev–Trinajstić information content (AvgIpc) is 2.84. The summed E-state index contributed by atoms with van der Waals surface area (Å²) in [5, 5.41) is 0. The Morgan fingerprint density at radius 2 is 2.11 bits per heavy atom. The lowest BCUT2D eigenvalue weighted by molar-refractivity contribution is -0.137. The minimum atomic E-state index is -0.316. The van der Waals surface area contributed by atoms with Gasteiger partial charge in [0.25, 0.3) is 0 Å². The standard InChI is InChI=1S/C14H15BrN2O2/c1-2-19-14(18)8-5-12-3-6-13(7-4-12)16-9-10-17(15)11-16/h3-10H,2,11H2,1H3. The van der Waals surface area contributed by atoms with E-state index in [1.165, 1.54) is 6.08 Å². The van der Waals surface area contributed by atoms with Crippen LogP contribution in [-0.2, 0) is 9.53 Å². The van der Waals surface area contributed by atoms with Gasteiger partial charge in [0.05, 0.1) is 22.8 Å². The van der Waals surface area contributed by atoms with E-state index in [0.29, 0.717) is 6.61 Å². The van der Waals surface area contributed by atoms with Crippen LogP contribution in [0.4, 0.5) is 5.69 Å². The number of carbonyl (C=O) groups is 1. The van der Waals surface area contributed by atoms with Gasteiger partial charge in [0.2, 0.25) is 0 Å². The molecule has 1 aliphatic rings. The lowest BCUT2D eigenvalue weighted by Crippen LogP contribution is -2.18. The van der Waals surface area contributed by atoms with E-state index in [-0.39, 0.29) is 5.97 Å². The van der Waals surface area contributed by atoms with E-state index >= 15 is 0 Å². The Morgan fingerprint density at radius 3 is 2.68 bits per heavy atom. The fourth-order valence-electron chi connectivity index (χ4n) is 1.69. The molecule has 4 nitrogen and oxygen atoms in total. The average molecular weight is 323 g/mol. The third kappa shape index (κ3) is 3.86. The molecular weight excluding hydrogens is 308 g/mol. The van der Waals surface area contributed by atoms with Crippen molar-refractivity contribution in [2.24, 2.45) is 0 Å². The molecule has 0 unspecified atom stereocenters. The number of halogens is 1. The van der Waals surface area contributed by atoms with Gasteiger partial charge in [-0.3, -0.25) is 3.93 Å². The fourth-order valence-corrected chi connectivity index (χ4v) is 2.04. The maximum Gasteiger partial charge on any atom is 0.330 e. The van der Waals surface area contributed by atoms with Crippen LogP contribution in [0.25, 0.3) is 6.08 Å². The van der Waals surface area contributed by atoms with Crippen LogP contribution in [-0.4, -0.2) is 23.2 Å². The molecule has 0 saturated carbocycles. The van der Waals surface area contributed by atoms with Gasteiger partial charge >= 0.3 is 5.97 Å². The monoisotopic (exact) mass is 322 g/mol. The molecule has 0 atom stereocenters. The molecule has 0 fully saturated rings. The first-order valence-corrected chi connectivity index (χ1v) is 6.72. The van der Waals surface area contributed by atoms with Crippen LogP contribution in [0.1, 0.15) is 12.5 Å². The lowest BCUT2D eigenvalue weighted by atomic mass is 10.2. The molecule has 0 radical (unpaired) electrons. The van der Waals surface area contributed by atoms with Crippen LogP contribution in [0.3, 0.4) is 0 Å². The van der Waals surface area contributed by atoms with Crippen molar-refractivity contribution in [3.8, 4) is 0 Å². The van der Waals surface area contributed by atoms with Crippen molar-refractivity contribution in [3.63, 3.8) is 0 Å². The van der Waals surface area contributed by atoms with Crippen molar-refractivity contribution in [2.75, 3.05) is 18.2 Å². The highest BCUT2D eigenvalue weighted by molar-refractivity contribution is 9.07. The summed E-state index contributed by atoms with van der Waals surface area (Å²) in [4.78, 5) is 13.3. The number of anilines is 1. The van der Waals surface area contributed by atoms with Gasteiger partial charge in [-0.15, -0.1) is 0 Å². The zero-order valence-electron chi connectivity index (χ0n) is 10.6. The normalized spacial score (nSPS) is 14.4. The number of rotatable bonds is 4. The Morgan fingerprint density at radius 1 is 1.37 bits per heavy atom. The summed E-state index contributed by atoms with van der Waals surface area (Å²) in [6.45, 7) is 2.96. The minimum absolute atomic E-state index is 0.316. The largest absolute Gasteiger partial charge is 0.463 e. The van der Waals surface area contributed by atoms with Crippen LogP contribution in [0.15, 0.2) is 42.7 Å². The smallest absolute Gasteiger partial charge is 0.330 e. The summed E-state index contributed by atoms with van der Waals surface area (Å²) in [5.41, 5.74) is 2.07. The molecule has 2 rings (SSSR count). The number of hydrogen-bond acceptors (Lipinski definition) is 4. The van der Waals surface area contributed by atoms with E-state index < -0.39 is 0 Å². The van der Waals surface area contributed by atoms with Crippen LogP contribution in [0, 0.1) is 0 Å². The Kier molecular flexibility index (Phi) is 4.63. The molecule has 0 aromatic heterocycles. The zero-order chi connectivity index (χ0) is 13.7. The first-order valence-electron chi connectivity index (χ1n) is 6.01. The molecule has 0 amide bonds. The quantitative estimate of drug-likeness (QED) is 0.484. The molecule has 100 valence electrons. The fraction of sp³-hybridized carbons (Fsp3) is 0.214. The lowest BCUT2D eigenvalue weighted by Gasteiger charge is -2.16. The van der Waals surface area contributed by atoms with E-state index in [1.807, 2.05) is 40.6 Å². The maximum atomic E-state index is 11.2. The molecule has 0 N–H and O–H groups in total. The summed E-state index contributed by atoms with van der Waals surface area (Å²) >= 11 is 3.39. The van der Waals surface area contributed by atoms with Crippen LogP contribution in [0.5, 0.6) is 0 Å². The van der Waals surface area contributed by atoms with Crippen molar-refractivity contribution < 1.29 is 9.53 Å². The van der Waals surface area contributed by atoms with Gasteiger partial charge < -0.3 is 9.64 Å². The number of esters is 1. The number of ether oxygens (including phenoxy) is 1. The topological polar surface area (TPSA) is 32.8 Å². The summed E-state index contributed by atoms with van der Waals surface area (Å²) in [6.07, 6.45) is 7.14. The van der Waals surface area contributed by atoms with Gasteiger partial charge in [0, 0.05) is 24.2 Å². The van der Waals surface area contributed by atoms with Crippen LogP contribution in [0.2, 0.25) is 0 Å². The minimum Gasteiger partial charge on any atom is -0.463 e. The number of hydrogen-bond donors (Lipinski definition) is 0. The van der Waals surface area contributed by atoms with E-state index in [0.717, 1.165) is 17.9 Å². The Hall–Kier alpha value is -1.75. The zero-order valence-corrected chi connectivity index (χ0v) is 12.2. The third-order valence-corrected chi connectivity index (χ3v) is 3.08. The Labute approximate surface area is 121 Å². The van der Waals surface area contributed by atoms with Crippen molar-refractivity contribution in [3.05, 3.63) is 48.3 Å². The third-order valence-electron chi connectivity index (χ3n) is 2.62. The number of carbonyl (C=O) groups excluding carboxylic acids is 1. The molecule has 0 aliphatic carbocycles. The highest BCUT2D eigenvalue weighted by Gasteiger charge is 2.10. The van der Waals surface area contributed by atoms with Crippen molar-refractivity contribution in [1.29, 1.82) is 0 Å². The molecular formula is C14H15BrN2O2. The van der Waals surface area contributed by atoms with Crippen molar-refractivity contribution >= 4 is 33.9 Å². The van der Waals surface area contributed by atoms with Gasteiger partial charge in [-0.1, -0.05) is 12.1 Å². The van der Waals surface area contributed by atoms with Gasteiger partial charge in [-0.2, -0.15) is 0 Å². The van der Waals surface area contributed by atoms with Crippen LogP contribution < -0.4 is 4.90 Å². The summed E-state index contributed by atoms with van der Waals surface area (Å²) in [5.74, 6) is -0.316. The van der Waals surface area contributed by atoms with Crippen molar-refractivity contribution in [1.82, 2.24) is 3.93 Å². The highest BCUT2D eigenvalue weighted by atomic mass is 79.9. The first-order chi connectivity index (χ1) is 9.19. The molecule has 1 heterocycles. The SMILES string of the molecule is CCOC(=O)C=Cc1ccc(N2C=CN(Br)C2)cc1. The molecule has 0 spiro atoms.